The molecule has 0 aromatic carbocycles. The van der Waals surface area contributed by atoms with Gasteiger partial charge in [0.15, 0.2) is 5.78 Å². The SMILES string of the molecule is CC1CCC2(CCC2)C(=O)C1(C)I. The third-order valence-electron chi connectivity index (χ3n) is 4.22. The first-order valence-corrected chi connectivity index (χ1v) is 6.31. The van der Waals surface area contributed by atoms with Crippen molar-refractivity contribution in [3.8, 4) is 0 Å². The topological polar surface area (TPSA) is 17.1 Å². The van der Waals surface area contributed by atoms with Gasteiger partial charge in [0.1, 0.15) is 0 Å². The Balaban J connectivity index is 2.25. The van der Waals surface area contributed by atoms with Crippen molar-refractivity contribution in [3.63, 3.8) is 0 Å². The Morgan fingerprint density at radius 2 is 2.00 bits per heavy atom. The first-order valence-electron chi connectivity index (χ1n) is 5.23. The molecule has 2 aliphatic carbocycles. The number of hydrogen-bond donors (Lipinski definition) is 0. The summed E-state index contributed by atoms with van der Waals surface area (Å²) in [6.45, 7) is 4.34. The van der Waals surface area contributed by atoms with Crippen LogP contribution in [0.2, 0.25) is 0 Å². The summed E-state index contributed by atoms with van der Waals surface area (Å²) in [6.07, 6.45) is 6.00. The van der Waals surface area contributed by atoms with Gasteiger partial charge < -0.3 is 0 Å². The molecule has 0 amide bonds. The van der Waals surface area contributed by atoms with Gasteiger partial charge in [-0.15, -0.1) is 0 Å². The number of halogens is 1. The smallest absolute Gasteiger partial charge is 0.154 e. The third-order valence-corrected chi connectivity index (χ3v) is 5.77. The van der Waals surface area contributed by atoms with Crippen LogP contribution in [0.5, 0.6) is 0 Å². The van der Waals surface area contributed by atoms with E-state index in [9.17, 15) is 4.79 Å². The Bertz CT molecular complexity index is 236. The van der Waals surface area contributed by atoms with Crippen molar-refractivity contribution < 1.29 is 4.79 Å². The molecule has 0 N–H and O–H groups in total. The average molecular weight is 292 g/mol. The summed E-state index contributed by atoms with van der Waals surface area (Å²) in [5, 5.41) is 0. The second-order valence-electron chi connectivity index (χ2n) is 4.98. The van der Waals surface area contributed by atoms with Crippen LogP contribution in [0, 0.1) is 11.3 Å². The van der Waals surface area contributed by atoms with E-state index in [0.717, 1.165) is 19.3 Å². The molecule has 0 aromatic heterocycles. The monoisotopic (exact) mass is 292 g/mol. The van der Waals surface area contributed by atoms with Crippen LogP contribution in [0.25, 0.3) is 0 Å². The molecule has 0 aliphatic heterocycles. The molecule has 2 saturated carbocycles. The number of hydrogen-bond acceptors (Lipinski definition) is 1. The van der Waals surface area contributed by atoms with Crippen LogP contribution >= 0.6 is 22.6 Å². The highest BCUT2D eigenvalue weighted by Gasteiger charge is 2.55. The molecule has 1 nitrogen and oxygen atoms in total. The van der Waals surface area contributed by atoms with Crippen LogP contribution in [-0.4, -0.2) is 9.20 Å². The number of alkyl halides is 1. The highest BCUT2D eigenvalue weighted by atomic mass is 127. The van der Waals surface area contributed by atoms with E-state index >= 15 is 0 Å². The van der Waals surface area contributed by atoms with Crippen molar-refractivity contribution in [2.24, 2.45) is 11.3 Å². The van der Waals surface area contributed by atoms with E-state index in [1.807, 2.05) is 0 Å². The molecule has 2 fully saturated rings. The van der Waals surface area contributed by atoms with Crippen molar-refractivity contribution in [2.75, 3.05) is 0 Å². The summed E-state index contributed by atoms with van der Waals surface area (Å²) < 4.78 is -0.0869. The van der Waals surface area contributed by atoms with E-state index in [2.05, 4.69) is 36.4 Å². The van der Waals surface area contributed by atoms with Crippen molar-refractivity contribution in [2.45, 2.75) is 49.4 Å². The van der Waals surface area contributed by atoms with E-state index in [1.54, 1.807) is 0 Å². The van der Waals surface area contributed by atoms with Crippen LogP contribution in [0.3, 0.4) is 0 Å². The minimum atomic E-state index is -0.0869. The summed E-state index contributed by atoms with van der Waals surface area (Å²) in [6, 6.07) is 0. The Morgan fingerprint density at radius 1 is 1.38 bits per heavy atom. The normalized spacial score (nSPS) is 43.3. The second-order valence-corrected chi connectivity index (χ2v) is 7.22. The molecule has 2 unspecified atom stereocenters. The maximum atomic E-state index is 12.3. The predicted molar refractivity (Wildman–Crippen MR) is 62.1 cm³/mol. The summed E-state index contributed by atoms with van der Waals surface area (Å²) in [7, 11) is 0. The fourth-order valence-corrected chi connectivity index (χ4v) is 3.58. The van der Waals surface area contributed by atoms with Gasteiger partial charge in [0.2, 0.25) is 0 Å². The lowest BCUT2D eigenvalue weighted by Gasteiger charge is -2.50. The Morgan fingerprint density at radius 3 is 2.46 bits per heavy atom. The number of carbonyl (C=O) groups is 1. The van der Waals surface area contributed by atoms with Crippen molar-refractivity contribution in [3.05, 3.63) is 0 Å². The standard InChI is InChI=1S/C11H17IO/c1-8-4-7-11(5-3-6-11)9(13)10(8,2)12/h8H,3-7H2,1-2H3. The van der Waals surface area contributed by atoms with Gasteiger partial charge >= 0.3 is 0 Å². The summed E-state index contributed by atoms with van der Waals surface area (Å²) >= 11 is 2.38. The average Bonchev–Trinajstić information content (AvgIpc) is 1.99. The minimum Gasteiger partial charge on any atom is -0.298 e. The molecule has 2 atom stereocenters. The van der Waals surface area contributed by atoms with Gasteiger partial charge in [-0.25, -0.2) is 0 Å². The number of rotatable bonds is 0. The van der Waals surface area contributed by atoms with Gasteiger partial charge in [-0.3, -0.25) is 4.79 Å². The predicted octanol–water partition coefficient (Wildman–Crippen LogP) is 3.35. The molecule has 0 heterocycles. The Labute approximate surface area is 93.8 Å². The Hall–Kier alpha value is 0.400. The zero-order valence-corrected chi connectivity index (χ0v) is 10.6. The van der Waals surface area contributed by atoms with E-state index in [4.69, 9.17) is 0 Å². The van der Waals surface area contributed by atoms with Crippen LogP contribution in [0.1, 0.15) is 46.0 Å². The van der Waals surface area contributed by atoms with Gasteiger partial charge in [0.25, 0.3) is 0 Å². The molecular weight excluding hydrogens is 275 g/mol. The first kappa shape index (κ1) is 9.94. The van der Waals surface area contributed by atoms with Gasteiger partial charge in [-0.05, 0) is 38.5 Å². The van der Waals surface area contributed by atoms with E-state index in [1.165, 1.54) is 12.8 Å². The maximum absolute atomic E-state index is 12.3. The van der Waals surface area contributed by atoms with Crippen LogP contribution in [0.15, 0.2) is 0 Å². The zero-order valence-electron chi connectivity index (χ0n) is 8.40. The lowest BCUT2D eigenvalue weighted by molar-refractivity contribution is -0.140. The number of Topliss-reactive ketones (excluding diaryl/α,β-unsaturated/α-hetero) is 1. The molecule has 1 spiro atoms. The molecule has 2 aliphatic rings. The van der Waals surface area contributed by atoms with Gasteiger partial charge in [0.05, 0.1) is 3.42 Å². The highest BCUT2D eigenvalue weighted by molar-refractivity contribution is 14.1. The molecule has 0 radical (unpaired) electrons. The fraction of sp³-hybridized carbons (Fsp3) is 0.909. The molecule has 2 rings (SSSR count). The van der Waals surface area contributed by atoms with Crippen molar-refractivity contribution >= 4 is 28.4 Å². The summed E-state index contributed by atoms with van der Waals surface area (Å²) in [5.74, 6) is 1.11. The van der Waals surface area contributed by atoms with Crippen molar-refractivity contribution in [1.82, 2.24) is 0 Å². The van der Waals surface area contributed by atoms with E-state index in [0.29, 0.717) is 11.7 Å². The molecule has 13 heavy (non-hydrogen) atoms. The molecule has 0 saturated heterocycles. The first-order chi connectivity index (χ1) is 5.99. The molecular formula is C11H17IO. The highest BCUT2D eigenvalue weighted by Crippen LogP contribution is 2.55. The van der Waals surface area contributed by atoms with Crippen LogP contribution in [0.4, 0.5) is 0 Å². The third kappa shape index (κ3) is 1.28. The van der Waals surface area contributed by atoms with Gasteiger partial charge in [-0.2, -0.15) is 0 Å². The van der Waals surface area contributed by atoms with E-state index in [-0.39, 0.29) is 8.84 Å². The maximum Gasteiger partial charge on any atom is 0.154 e. The van der Waals surface area contributed by atoms with E-state index < -0.39 is 0 Å². The Kier molecular flexibility index (Phi) is 2.25. The quantitative estimate of drug-likeness (QED) is 0.494. The molecule has 0 aromatic rings. The van der Waals surface area contributed by atoms with Crippen LogP contribution in [-0.2, 0) is 4.79 Å². The lowest BCUT2D eigenvalue weighted by Crippen LogP contribution is -2.53. The molecule has 2 heteroatoms. The largest absolute Gasteiger partial charge is 0.298 e. The fourth-order valence-electron chi connectivity index (χ4n) is 2.70. The minimum absolute atomic E-state index is 0.0869. The van der Waals surface area contributed by atoms with Gasteiger partial charge in [-0.1, -0.05) is 35.9 Å². The lowest BCUT2D eigenvalue weighted by atomic mass is 9.56. The molecule has 74 valence electrons. The van der Waals surface area contributed by atoms with Crippen molar-refractivity contribution in [1.29, 1.82) is 0 Å². The zero-order chi connectivity index (χ0) is 9.69. The second kappa shape index (κ2) is 2.94. The molecule has 0 bridgehead atoms. The number of carbonyl (C=O) groups excluding carboxylic acids is 1. The summed E-state index contributed by atoms with van der Waals surface area (Å²) in [4.78, 5) is 12.3. The number of ketones is 1. The summed E-state index contributed by atoms with van der Waals surface area (Å²) in [5.41, 5.74) is 0.127. The van der Waals surface area contributed by atoms with Crippen LogP contribution < -0.4 is 0 Å². The van der Waals surface area contributed by atoms with Gasteiger partial charge in [0, 0.05) is 5.41 Å².